The van der Waals surface area contributed by atoms with Crippen molar-refractivity contribution in [2.75, 3.05) is 0 Å². The third kappa shape index (κ3) is 19.9. The van der Waals surface area contributed by atoms with E-state index in [-0.39, 0.29) is 0 Å². The Labute approximate surface area is 658 Å². The highest BCUT2D eigenvalue weighted by molar-refractivity contribution is 7.31. The van der Waals surface area contributed by atoms with Gasteiger partial charge in [0.25, 0.3) is 0 Å². The monoisotopic (exact) mass is 1540 g/mol. The van der Waals surface area contributed by atoms with E-state index in [2.05, 4.69) is 211 Å². The highest BCUT2D eigenvalue weighted by atomic mass is 32.1. The summed E-state index contributed by atoms with van der Waals surface area (Å²) in [4.78, 5) is 26.1. The first-order valence-electron chi connectivity index (χ1n) is 40.3. The van der Waals surface area contributed by atoms with E-state index in [1.54, 1.807) is 55.6 Å². The summed E-state index contributed by atoms with van der Waals surface area (Å²) in [6.07, 6.45) is 42.9. The first-order chi connectivity index (χ1) is 50.1. The molecule has 0 saturated carbocycles. The molecule has 0 unspecified atom stereocenters. The second-order valence-electron chi connectivity index (χ2n) is 28.4. The van der Waals surface area contributed by atoms with Gasteiger partial charge in [0.2, 0.25) is 0 Å². The topological polar surface area (TPSA) is 0 Å². The Morgan fingerprint density at radius 3 is 0.647 bits per heavy atom. The van der Waals surface area contributed by atoms with E-state index in [1.165, 1.54) is 279 Å². The summed E-state index contributed by atoms with van der Waals surface area (Å²) in [5, 5.41) is 5.00. The van der Waals surface area contributed by atoms with Crippen LogP contribution in [0.25, 0.3) is 78.0 Å². The molecule has 0 saturated heterocycles. The molecule has 10 aromatic heterocycles. The average Bonchev–Trinajstić information content (AvgIpc) is 1.60. The lowest BCUT2D eigenvalue weighted by Crippen LogP contribution is -1.95. The lowest BCUT2D eigenvalue weighted by atomic mass is 9.97. The lowest BCUT2D eigenvalue weighted by Gasteiger charge is -2.08. The molecular weight excluding hydrogens is 1430 g/mol. The first kappa shape index (κ1) is 80.7. The average molecular weight is 1540 g/mol. The van der Waals surface area contributed by atoms with E-state index in [4.69, 9.17) is 0 Å². The maximum absolute atomic E-state index is 3.82. The zero-order chi connectivity index (χ0) is 71.7. The van der Waals surface area contributed by atoms with Crippen LogP contribution in [0, 0.1) is 23.7 Å². The van der Waals surface area contributed by atoms with Crippen LogP contribution in [0.1, 0.15) is 314 Å². The number of unbranched alkanes of at least 4 members (excludes halogenated alkanes) is 12. The summed E-state index contributed by atoms with van der Waals surface area (Å²) < 4.78 is 0. The molecule has 0 amide bonds. The molecule has 0 aromatic carbocycles. The fourth-order valence-corrected chi connectivity index (χ4v) is 27.3. The Hall–Kier alpha value is -3.88. The van der Waals surface area contributed by atoms with Gasteiger partial charge in [-0.15, -0.1) is 113 Å². The predicted molar refractivity (Wildman–Crippen MR) is 472 cm³/mol. The van der Waals surface area contributed by atoms with Crippen LogP contribution in [0.3, 0.4) is 0 Å². The minimum atomic E-state index is 1.07. The molecule has 0 nitrogen and oxygen atoms in total. The maximum atomic E-state index is 3.82. The Morgan fingerprint density at radius 2 is 0.402 bits per heavy atom. The van der Waals surface area contributed by atoms with Gasteiger partial charge in [-0.3, -0.25) is 0 Å². The fraction of sp³-hybridized carbons (Fsp3) is 0.522. The third-order valence-electron chi connectivity index (χ3n) is 20.5. The molecule has 546 valence electrons. The van der Waals surface area contributed by atoms with Crippen LogP contribution in [-0.4, -0.2) is 0 Å². The first-order valence-corrected chi connectivity index (χ1v) is 48.6. The number of rotatable bonds is 44. The van der Waals surface area contributed by atoms with Gasteiger partial charge in [-0.25, -0.2) is 0 Å². The molecule has 0 fully saturated rings. The van der Waals surface area contributed by atoms with Gasteiger partial charge >= 0.3 is 0 Å². The van der Waals surface area contributed by atoms with Crippen LogP contribution in [0.2, 0.25) is 0 Å². The van der Waals surface area contributed by atoms with E-state index in [9.17, 15) is 0 Å². The minimum absolute atomic E-state index is 1.07. The second-order valence-corrected chi connectivity index (χ2v) is 38.6. The van der Waals surface area contributed by atoms with E-state index in [1.807, 2.05) is 68.0 Å². The van der Waals surface area contributed by atoms with Crippen molar-refractivity contribution in [1.29, 1.82) is 0 Å². The van der Waals surface area contributed by atoms with Crippen molar-refractivity contribution in [3.05, 3.63) is 136 Å². The molecule has 0 N–H and O–H groups in total. The van der Waals surface area contributed by atoms with Crippen LogP contribution >= 0.6 is 113 Å². The Kier molecular flexibility index (Phi) is 33.2. The molecule has 10 heteroatoms. The molecule has 10 aromatic rings. The molecule has 0 aliphatic rings. The van der Waals surface area contributed by atoms with Gasteiger partial charge in [0.05, 0.1) is 9.75 Å². The van der Waals surface area contributed by atoms with E-state index in [0.717, 1.165) is 51.4 Å². The predicted octanol–water partition coefficient (Wildman–Crippen LogP) is 33.2. The maximum Gasteiger partial charge on any atom is 0.0820 e. The summed E-state index contributed by atoms with van der Waals surface area (Å²) in [6.45, 7) is 28.2. The van der Waals surface area contributed by atoms with Crippen molar-refractivity contribution in [3.8, 4) is 102 Å². The van der Waals surface area contributed by atoms with Crippen molar-refractivity contribution in [2.45, 2.75) is 314 Å². The second kappa shape index (κ2) is 42.0. The van der Waals surface area contributed by atoms with E-state index >= 15 is 0 Å². The molecule has 0 atom stereocenters. The van der Waals surface area contributed by atoms with Gasteiger partial charge in [0.15, 0.2) is 0 Å². The molecule has 102 heavy (non-hydrogen) atoms. The van der Waals surface area contributed by atoms with E-state index < -0.39 is 0 Å². The Morgan fingerprint density at radius 1 is 0.206 bits per heavy atom. The molecule has 0 bridgehead atoms. The molecule has 10 heterocycles. The fourth-order valence-electron chi connectivity index (χ4n) is 14.5. The highest BCUT2D eigenvalue weighted by Gasteiger charge is 2.29. The van der Waals surface area contributed by atoms with Crippen LogP contribution in [0.4, 0.5) is 0 Å². The zero-order valence-electron chi connectivity index (χ0n) is 64.3. The molecule has 0 aliphatic heterocycles. The number of aryl methyl sites for hydroxylation is 2. The standard InChI is InChI=1S/C92H118S10/c1-13-25-39-63-61-93-85(65(63)41-27-15-3)77-53-55-81(95-77)89-71(47-33-21-9)73(49-35-23-11)91(101-89)83-59-57-79(97-83)87-69(45-31-19-7)67(43-29-17-5)75(99-87)51-37-38-52-76-68(44-30-18-6)70(46-32-20-8)88(100-76)80-58-60-84(98-80)92-74(50-36-24-12)72(48-34-22-10)90(102-92)82-56-54-78(96-82)86-66(42-28-16-4)64(62-94-86)40-26-14-2/h53-62H,13-36,39-50H2,1-12H3. The normalized spacial score (nSPS) is 11.6. The highest BCUT2D eigenvalue weighted by Crippen LogP contribution is 2.54. The van der Waals surface area contributed by atoms with Crippen LogP contribution < -0.4 is 0 Å². The van der Waals surface area contributed by atoms with Crippen LogP contribution in [0.15, 0.2) is 59.3 Å². The van der Waals surface area contributed by atoms with Gasteiger partial charge in [0, 0.05) is 78.0 Å². The SMILES string of the molecule is CCCCc1csc(-c2ccc(-c3sc(-c4ccc(-c5sc(C#CC#Cc6sc(-c7ccc(-c8sc(-c9ccc(-c%10scc(CCCC)c%10CCCC)s9)c(CCCC)c8CCCC)s7)c(CCCC)c6CCCC)c(CCCC)c5CCCC)s4)c(CCCC)c3CCCC)s2)c1CCCC. The van der Waals surface area contributed by atoms with Crippen molar-refractivity contribution in [1.82, 2.24) is 0 Å². The summed E-state index contributed by atoms with van der Waals surface area (Å²) in [5.41, 5.74) is 19.1. The molecule has 0 radical (unpaired) electrons. The van der Waals surface area contributed by atoms with Gasteiger partial charge in [0.1, 0.15) is 0 Å². The molecule has 0 spiro atoms. The third-order valence-corrected chi connectivity index (χ3v) is 33.3. The number of hydrogen-bond donors (Lipinski definition) is 0. The van der Waals surface area contributed by atoms with Crippen LogP contribution in [-0.2, 0) is 77.0 Å². The Balaban J connectivity index is 1.00. The van der Waals surface area contributed by atoms with Gasteiger partial charge < -0.3 is 0 Å². The van der Waals surface area contributed by atoms with Crippen LogP contribution in [0.5, 0.6) is 0 Å². The number of thiophene rings is 10. The van der Waals surface area contributed by atoms with Gasteiger partial charge in [-0.05, 0) is 304 Å². The minimum Gasteiger partial charge on any atom is -0.142 e. The van der Waals surface area contributed by atoms with Crippen molar-refractivity contribution < 1.29 is 0 Å². The Bertz CT molecular complexity index is 4050. The number of hydrogen-bond acceptors (Lipinski definition) is 10. The van der Waals surface area contributed by atoms with Gasteiger partial charge in [-0.2, -0.15) is 0 Å². The van der Waals surface area contributed by atoms with Gasteiger partial charge in [-0.1, -0.05) is 160 Å². The summed E-state index contributed by atoms with van der Waals surface area (Å²) in [6, 6.07) is 19.9. The van der Waals surface area contributed by atoms with E-state index in [0.29, 0.717) is 0 Å². The smallest absolute Gasteiger partial charge is 0.0820 e. The molecule has 10 rings (SSSR count). The van der Waals surface area contributed by atoms with Crippen molar-refractivity contribution >= 4 is 113 Å². The quantitative estimate of drug-likeness (QED) is 0.0334. The van der Waals surface area contributed by atoms with Crippen molar-refractivity contribution in [3.63, 3.8) is 0 Å². The van der Waals surface area contributed by atoms with Crippen molar-refractivity contribution in [2.24, 2.45) is 0 Å². The summed E-state index contributed by atoms with van der Waals surface area (Å²) in [7, 11) is 0. The zero-order valence-corrected chi connectivity index (χ0v) is 72.5. The lowest BCUT2D eigenvalue weighted by molar-refractivity contribution is 0.762. The summed E-state index contributed by atoms with van der Waals surface area (Å²) in [5.74, 6) is 14.8. The largest absolute Gasteiger partial charge is 0.142 e. The molecule has 0 aliphatic carbocycles. The molecular formula is C92H118S10. The summed E-state index contributed by atoms with van der Waals surface area (Å²) >= 11 is 20.4.